The SMILES string of the molecule is CC(=O)CCCCC1CO1. The van der Waals surface area contributed by atoms with Gasteiger partial charge in [0, 0.05) is 6.42 Å². The monoisotopic (exact) mass is 142 g/mol. The second-order valence-corrected chi connectivity index (χ2v) is 2.90. The van der Waals surface area contributed by atoms with E-state index in [1.807, 2.05) is 0 Å². The Labute approximate surface area is 61.6 Å². The fourth-order valence-electron chi connectivity index (χ4n) is 0.981. The first-order chi connectivity index (χ1) is 4.79. The smallest absolute Gasteiger partial charge is 0.129 e. The van der Waals surface area contributed by atoms with Crippen LogP contribution in [0.5, 0.6) is 0 Å². The first-order valence-corrected chi connectivity index (χ1v) is 3.90. The van der Waals surface area contributed by atoms with Gasteiger partial charge in [0.2, 0.25) is 0 Å². The zero-order chi connectivity index (χ0) is 7.40. The first kappa shape index (κ1) is 7.73. The summed E-state index contributed by atoms with van der Waals surface area (Å²) < 4.78 is 5.03. The van der Waals surface area contributed by atoms with Crippen LogP contribution in [0.3, 0.4) is 0 Å². The van der Waals surface area contributed by atoms with E-state index >= 15 is 0 Å². The van der Waals surface area contributed by atoms with Gasteiger partial charge in [-0.15, -0.1) is 0 Å². The summed E-state index contributed by atoms with van der Waals surface area (Å²) in [6, 6.07) is 0. The maximum atomic E-state index is 10.5. The number of carbonyl (C=O) groups excluding carboxylic acids is 1. The topological polar surface area (TPSA) is 29.6 Å². The van der Waals surface area contributed by atoms with Gasteiger partial charge in [-0.2, -0.15) is 0 Å². The number of Topliss-reactive ketones (excluding diaryl/α,β-unsaturated/α-hetero) is 1. The van der Waals surface area contributed by atoms with Crippen molar-refractivity contribution in [3.05, 3.63) is 0 Å². The maximum Gasteiger partial charge on any atom is 0.129 e. The number of carbonyl (C=O) groups is 1. The van der Waals surface area contributed by atoms with Gasteiger partial charge in [-0.05, 0) is 19.8 Å². The highest BCUT2D eigenvalue weighted by Gasteiger charge is 2.20. The molecule has 1 fully saturated rings. The fourth-order valence-corrected chi connectivity index (χ4v) is 0.981. The number of epoxide rings is 1. The molecule has 0 spiro atoms. The van der Waals surface area contributed by atoms with E-state index in [2.05, 4.69) is 0 Å². The summed E-state index contributed by atoms with van der Waals surface area (Å²) in [5, 5.41) is 0. The van der Waals surface area contributed by atoms with Crippen LogP contribution < -0.4 is 0 Å². The predicted molar refractivity (Wildman–Crippen MR) is 38.9 cm³/mol. The van der Waals surface area contributed by atoms with Crippen molar-refractivity contribution in [2.75, 3.05) is 6.61 Å². The van der Waals surface area contributed by atoms with Crippen LogP contribution in [-0.2, 0) is 9.53 Å². The Kier molecular flexibility index (Phi) is 2.87. The van der Waals surface area contributed by atoms with Crippen molar-refractivity contribution in [3.8, 4) is 0 Å². The molecule has 1 rings (SSSR count). The number of unbranched alkanes of at least 4 members (excludes halogenated alkanes) is 1. The summed E-state index contributed by atoms with van der Waals surface area (Å²) in [4.78, 5) is 10.5. The highest BCUT2D eigenvalue weighted by Crippen LogP contribution is 2.16. The second-order valence-electron chi connectivity index (χ2n) is 2.90. The molecule has 2 nitrogen and oxygen atoms in total. The molecular formula is C8H14O2. The molecule has 1 aliphatic heterocycles. The van der Waals surface area contributed by atoms with Crippen molar-refractivity contribution in [2.24, 2.45) is 0 Å². The van der Waals surface area contributed by atoms with Crippen LogP contribution in [0.15, 0.2) is 0 Å². The van der Waals surface area contributed by atoms with Gasteiger partial charge in [-0.1, -0.05) is 6.42 Å². The quantitative estimate of drug-likeness (QED) is 0.430. The third-order valence-corrected chi connectivity index (χ3v) is 1.71. The number of rotatable bonds is 5. The Morgan fingerprint density at radius 3 is 2.80 bits per heavy atom. The molecular weight excluding hydrogens is 128 g/mol. The van der Waals surface area contributed by atoms with E-state index in [1.165, 1.54) is 0 Å². The van der Waals surface area contributed by atoms with Crippen molar-refractivity contribution in [2.45, 2.75) is 38.7 Å². The number of ether oxygens (including phenoxy) is 1. The molecule has 10 heavy (non-hydrogen) atoms. The molecule has 0 aromatic heterocycles. The van der Waals surface area contributed by atoms with Gasteiger partial charge in [0.1, 0.15) is 5.78 Å². The van der Waals surface area contributed by atoms with Crippen molar-refractivity contribution < 1.29 is 9.53 Å². The van der Waals surface area contributed by atoms with Crippen molar-refractivity contribution >= 4 is 5.78 Å². The summed E-state index contributed by atoms with van der Waals surface area (Å²) >= 11 is 0. The van der Waals surface area contributed by atoms with Gasteiger partial charge in [-0.25, -0.2) is 0 Å². The molecule has 1 aliphatic rings. The van der Waals surface area contributed by atoms with Crippen molar-refractivity contribution in [1.29, 1.82) is 0 Å². The third-order valence-electron chi connectivity index (χ3n) is 1.71. The van der Waals surface area contributed by atoms with Crippen molar-refractivity contribution in [1.82, 2.24) is 0 Å². The minimum atomic E-state index is 0.303. The predicted octanol–water partition coefficient (Wildman–Crippen LogP) is 1.53. The minimum absolute atomic E-state index is 0.303. The van der Waals surface area contributed by atoms with E-state index in [9.17, 15) is 4.79 Å². The molecule has 58 valence electrons. The van der Waals surface area contributed by atoms with E-state index in [1.54, 1.807) is 6.92 Å². The number of ketones is 1. The van der Waals surface area contributed by atoms with Gasteiger partial charge in [0.25, 0.3) is 0 Å². The Bertz CT molecular complexity index is 116. The molecule has 0 bridgehead atoms. The summed E-state index contributed by atoms with van der Waals surface area (Å²) in [6.45, 7) is 2.59. The lowest BCUT2D eigenvalue weighted by atomic mass is 10.1. The average Bonchev–Trinajstić information content (AvgIpc) is 2.62. The molecule has 1 saturated heterocycles. The minimum Gasteiger partial charge on any atom is -0.373 e. The zero-order valence-electron chi connectivity index (χ0n) is 6.43. The highest BCUT2D eigenvalue weighted by atomic mass is 16.6. The lowest BCUT2D eigenvalue weighted by Crippen LogP contribution is -1.91. The van der Waals surface area contributed by atoms with Crippen LogP contribution in [0.4, 0.5) is 0 Å². The zero-order valence-corrected chi connectivity index (χ0v) is 6.43. The van der Waals surface area contributed by atoms with Gasteiger partial charge < -0.3 is 9.53 Å². The van der Waals surface area contributed by atoms with Gasteiger partial charge in [-0.3, -0.25) is 0 Å². The first-order valence-electron chi connectivity index (χ1n) is 3.90. The molecule has 0 radical (unpaired) electrons. The van der Waals surface area contributed by atoms with Gasteiger partial charge >= 0.3 is 0 Å². The van der Waals surface area contributed by atoms with Crippen LogP contribution in [-0.4, -0.2) is 18.5 Å². The summed E-state index contributed by atoms with van der Waals surface area (Å²) in [5.41, 5.74) is 0. The third kappa shape index (κ3) is 3.62. The Morgan fingerprint density at radius 1 is 1.60 bits per heavy atom. The van der Waals surface area contributed by atoms with Crippen molar-refractivity contribution in [3.63, 3.8) is 0 Å². The van der Waals surface area contributed by atoms with Gasteiger partial charge in [0.15, 0.2) is 0 Å². The Morgan fingerprint density at radius 2 is 2.30 bits per heavy atom. The standard InChI is InChI=1S/C8H14O2/c1-7(9)4-2-3-5-8-6-10-8/h8H,2-6H2,1H3. The molecule has 0 N–H and O–H groups in total. The molecule has 0 amide bonds. The molecule has 1 heterocycles. The summed E-state index contributed by atoms with van der Waals surface area (Å²) in [6.07, 6.45) is 4.60. The molecule has 2 heteroatoms. The number of hydrogen-bond donors (Lipinski definition) is 0. The second kappa shape index (κ2) is 3.71. The van der Waals surface area contributed by atoms with Crippen LogP contribution in [0.2, 0.25) is 0 Å². The molecule has 0 aromatic rings. The lowest BCUT2D eigenvalue weighted by Gasteiger charge is -1.93. The Hall–Kier alpha value is -0.370. The van der Waals surface area contributed by atoms with Crippen LogP contribution in [0, 0.1) is 0 Å². The lowest BCUT2D eigenvalue weighted by molar-refractivity contribution is -0.117. The molecule has 0 aromatic carbocycles. The average molecular weight is 142 g/mol. The fraction of sp³-hybridized carbons (Fsp3) is 0.875. The molecule has 0 saturated carbocycles. The van der Waals surface area contributed by atoms with E-state index in [4.69, 9.17) is 4.74 Å². The summed E-state index contributed by atoms with van der Waals surface area (Å²) in [7, 11) is 0. The number of hydrogen-bond acceptors (Lipinski definition) is 2. The molecule has 1 atom stereocenters. The highest BCUT2D eigenvalue weighted by molar-refractivity contribution is 5.75. The van der Waals surface area contributed by atoms with E-state index in [-0.39, 0.29) is 0 Å². The largest absolute Gasteiger partial charge is 0.373 e. The normalized spacial score (nSPS) is 22.7. The van der Waals surface area contributed by atoms with E-state index in [0.717, 1.165) is 32.3 Å². The Balaban J connectivity index is 1.80. The van der Waals surface area contributed by atoms with Crippen LogP contribution >= 0.6 is 0 Å². The van der Waals surface area contributed by atoms with E-state index in [0.29, 0.717) is 11.9 Å². The molecule has 0 aliphatic carbocycles. The summed E-state index contributed by atoms with van der Waals surface area (Å²) in [5.74, 6) is 0.303. The molecule has 1 unspecified atom stereocenters. The van der Waals surface area contributed by atoms with E-state index < -0.39 is 0 Å². The van der Waals surface area contributed by atoms with Gasteiger partial charge in [0.05, 0.1) is 12.7 Å². The van der Waals surface area contributed by atoms with Crippen LogP contribution in [0.25, 0.3) is 0 Å². The maximum absolute atomic E-state index is 10.5. The van der Waals surface area contributed by atoms with Crippen LogP contribution in [0.1, 0.15) is 32.6 Å².